The van der Waals surface area contributed by atoms with Gasteiger partial charge in [-0.05, 0) is 32.6 Å². The van der Waals surface area contributed by atoms with Crippen LogP contribution in [0, 0.1) is 0 Å². The molecule has 0 bridgehead atoms. The lowest BCUT2D eigenvalue weighted by atomic mass is 9.81. The van der Waals surface area contributed by atoms with Crippen LogP contribution in [-0.4, -0.2) is 39.9 Å². The molecule has 0 aromatic carbocycles. The molecule has 0 aliphatic heterocycles. The minimum absolute atomic E-state index is 0.240. The summed E-state index contributed by atoms with van der Waals surface area (Å²) in [6.45, 7) is 1.94. The molecule has 0 saturated heterocycles. The molecule has 4 heteroatoms. The fourth-order valence-corrected chi connectivity index (χ4v) is 1.79. The van der Waals surface area contributed by atoms with Crippen LogP contribution in [0.1, 0.15) is 32.6 Å². The van der Waals surface area contributed by atoms with Crippen LogP contribution < -0.4 is 0 Å². The van der Waals surface area contributed by atoms with Crippen LogP contribution in [-0.2, 0) is 0 Å². The van der Waals surface area contributed by atoms with Crippen molar-refractivity contribution in [1.29, 1.82) is 0 Å². The molecule has 0 unspecified atom stereocenters. The monoisotopic (exact) mass is 187 g/mol. The minimum Gasteiger partial charge on any atom is -0.465 e. The van der Waals surface area contributed by atoms with E-state index < -0.39 is 6.09 Å². The summed E-state index contributed by atoms with van der Waals surface area (Å²) in [5.74, 6) is 0. The quantitative estimate of drug-likeness (QED) is 0.650. The zero-order chi connectivity index (χ0) is 10.1. The maximum atomic E-state index is 10.7. The van der Waals surface area contributed by atoms with Crippen LogP contribution in [0.2, 0.25) is 0 Å². The van der Waals surface area contributed by atoms with Crippen molar-refractivity contribution in [1.82, 2.24) is 4.90 Å². The van der Waals surface area contributed by atoms with Gasteiger partial charge >= 0.3 is 6.09 Å². The lowest BCUT2D eigenvalue weighted by molar-refractivity contribution is 0.0339. The minimum atomic E-state index is -0.890. The van der Waals surface area contributed by atoms with Crippen LogP contribution >= 0.6 is 0 Å². The Hall–Kier alpha value is -0.770. The molecule has 0 radical (unpaired) electrons. The molecule has 1 amide bonds. The third-order valence-corrected chi connectivity index (χ3v) is 3.13. The van der Waals surface area contributed by atoms with Crippen molar-refractivity contribution in [3.05, 3.63) is 0 Å². The summed E-state index contributed by atoms with van der Waals surface area (Å²) in [5.41, 5.74) is -0.287. The third-order valence-electron chi connectivity index (χ3n) is 3.13. The highest BCUT2D eigenvalue weighted by Crippen LogP contribution is 2.32. The van der Waals surface area contributed by atoms with Gasteiger partial charge in [-0.15, -0.1) is 0 Å². The van der Waals surface area contributed by atoms with Crippen molar-refractivity contribution >= 4 is 6.09 Å². The Morgan fingerprint density at radius 2 is 1.92 bits per heavy atom. The van der Waals surface area contributed by atoms with E-state index in [4.69, 9.17) is 5.11 Å². The molecule has 0 aromatic rings. The van der Waals surface area contributed by atoms with E-state index >= 15 is 0 Å². The molecular weight excluding hydrogens is 170 g/mol. The van der Waals surface area contributed by atoms with E-state index in [0.29, 0.717) is 12.8 Å². The van der Waals surface area contributed by atoms with Crippen molar-refractivity contribution in [2.24, 2.45) is 0 Å². The normalized spacial score (nSPS) is 34.2. The predicted octanol–water partition coefficient (Wildman–Crippen LogP) is 1.29. The molecule has 76 valence electrons. The molecule has 0 spiro atoms. The van der Waals surface area contributed by atoms with E-state index in [1.54, 1.807) is 7.05 Å². The van der Waals surface area contributed by atoms with Gasteiger partial charge in [-0.25, -0.2) is 4.79 Å². The van der Waals surface area contributed by atoms with Crippen LogP contribution in [0.4, 0.5) is 4.79 Å². The summed E-state index contributed by atoms with van der Waals surface area (Å²) in [6.07, 6.45) is 1.77. The lowest BCUT2D eigenvalue weighted by Gasteiger charge is -2.41. The number of carbonyl (C=O) groups is 1. The van der Waals surface area contributed by atoms with E-state index in [1.165, 1.54) is 4.90 Å². The number of hydrogen-bond donors (Lipinski definition) is 2. The highest BCUT2D eigenvalue weighted by molar-refractivity contribution is 5.65. The number of rotatable bonds is 1. The average molecular weight is 187 g/mol. The van der Waals surface area contributed by atoms with Crippen molar-refractivity contribution in [3.63, 3.8) is 0 Å². The van der Waals surface area contributed by atoms with Gasteiger partial charge in [0.25, 0.3) is 0 Å². The second kappa shape index (κ2) is 3.54. The van der Waals surface area contributed by atoms with Crippen molar-refractivity contribution < 1.29 is 15.0 Å². The largest absolute Gasteiger partial charge is 0.465 e. The predicted molar refractivity (Wildman–Crippen MR) is 48.7 cm³/mol. The molecular formula is C9H17NO3. The number of nitrogens with zero attached hydrogens (tertiary/aromatic N) is 1. The van der Waals surface area contributed by atoms with Crippen molar-refractivity contribution in [2.45, 2.75) is 44.2 Å². The Balaban J connectivity index is 2.61. The first-order valence-electron chi connectivity index (χ1n) is 4.60. The van der Waals surface area contributed by atoms with E-state index in [2.05, 4.69) is 0 Å². The smallest absolute Gasteiger partial charge is 0.407 e. The maximum Gasteiger partial charge on any atom is 0.407 e. The van der Waals surface area contributed by atoms with Crippen LogP contribution in [0.25, 0.3) is 0 Å². The Kier molecular flexibility index (Phi) is 2.81. The number of aliphatic hydroxyl groups is 1. The van der Waals surface area contributed by atoms with Gasteiger partial charge in [-0.3, -0.25) is 0 Å². The van der Waals surface area contributed by atoms with E-state index in [0.717, 1.165) is 12.8 Å². The molecule has 2 N–H and O–H groups in total. The molecule has 0 heterocycles. The van der Waals surface area contributed by atoms with Gasteiger partial charge in [0.05, 0.1) is 6.10 Å². The van der Waals surface area contributed by atoms with E-state index in [-0.39, 0.29) is 11.6 Å². The molecule has 1 saturated carbocycles. The van der Waals surface area contributed by atoms with Crippen LogP contribution in [0.15, 0.2) is 0 Å². The highest BCUT2D eigenvalue weighted by Gasteiger charge is 2.36. The zero-order valence-corrected chi connectivity index (χ0v) is 8.16. The van der Waals surface area contributed by atoms with Gasteiger partial charge in [-0.1, -0.05) is 0 Å². The maximum absolute atomic E-state index is 10.7. The molecule has 4 nitrogen and oxygen atoms in total. The van der Waals surface area contributed by atoms with Gasteiger partial charge in [0, 0.05) is 12.6 Å². The Morgan fingerprint density at radius 1 is 1.46 bits per heavy atom. The first-order chi connectivity index (χ1) is 5.96. The second-order valence-electron chi connectivity index (χ2n) is 4.07. The van der Waals surface area contributed by atoms with E-state index in [1.807, 2.05) is 6.92 Å². The number of carboxylic acid groups (broad SMARTS) is 1. The first-order valence-corrected chi connectivity index (χ1v) is 4.60. The molecule has 0 aromatic heterocycles. The zero-order valence-electron chi connectivity index (χ0n) is 8.16. The molecule has 1 fully saturated rings. The number of amides is 1. The van der Waals surface area contributed by atoms with Gasteiger partial charge in [0.15, 0.2) is 0 Å². The van der Waals surface area contributed by atoms with Gasteiger partial charge in [0.2, 0.25) is 0 Å². The summed E-state index contributed by atoms with van der Waals surface area (Å²) in [6, 6.07) is 0. The Bertz CT molecular complexity index is 197. The average Bonchev–Trinajstić information content (AvgIpc) is 2.09. The molecule has 1 aliphatic rings. The number of hydrogen-bond acceptors (Lipinski definition) is 2. The number of aliphatic hydroxyl groups excluding tert-OH is 1. The third kappa shape index (κ3) is 2.12. The van der Waals surface area contributed by atoms with Crippen molar-refractivity contribution in [3.8, 4) is 0 Å². The standard InChI is InChI=1S/C9H17NO3/c1-9(10(2)8(12)13)5-3-7(11)4-6-9/h7,11H,3-6H2,1-2H3,(H,12,13). The molecule has 13 heavy (non-hydrogen) atoms. The lowest BCUT2D eigenvalue weighted by Crippen LogP contribution is -2.49. The molecule has 1 aliphatic carbocycles. The molecule has 1 rings (SSSR count). The summed E-state index contributed by atoms with van der Waals surface area (Å²) < 4.78 is 0. The van der Waals surface area contributed by atoms with Gasteiger partial charge in [-0.2, -0.15) is 0 Å². The van der Waals surface area contributed by atoms with E-state index in [9.17, 15) is 9.90 Å². The van der Waals surface area contributed by atoms with Gasteiger partial charge < -0.3 is 15.1 Å². The topological polar surface area (TPSA) is 60.8 Å². The van der Waals surface area contributed by atoms with Gasteiger partial charge in [0.1, 0.15) is 0 Å². The second-order valence-corrected chi connectivity index (χ2v) is 4.07. The Morgan fingerprint density at radius 3 is 2.31 bits per heavy atom. The fourth-order valence-electron chi connectivity index (χ4n) is 1.79. The van der Waals surface area contributed by atoms with Crippen LogP contribution in [0.3, 0.4) is 0 Å². The molecule has 0 atom stereocenters. The summed E-state index contributed by atoms with van der Waals surface area (Å²) in [7, 11) is 1.60. The summed E-state index contributed by atoms with van der Waals surface area (Å²) in [4.78, 5) is 12.1. The van der Waals surface area contributed by atoms with Crippen LogP contribution in [0.5, 0.6) is 0 Å². The highest BCUT2D eigenvalue weighted by atomic mass is 16.4. The summed E-state index contributed by atoms with van der Waals surface area (Å²) in [5, 5.41) is 18.1. The first kappa shape index (κ1) is 10.3. The SMILES string of the molecule is CN(C(=O)O)C1(C)CCC(O)CC1. The Labute approximate surface area is 78.2 Å². The van der Waals surface area contributed by atoms with Crippen molar-refractivity contribution in [2.75, 3.05) is 7.05 Å². The fraction of sp³-hybridized carbons (Fsp3) is 0.889. The summed E-state index contributed by atoms with van der Waals surface area (Å²) >= 11 is 0.